The minimum atomic E-state index is -0.865. The minimum absolute atomic E-state index is 0.0221. The third-order valence-corrected chi connectivity index (χ3v) is 6.73. The molecule has 0 aliphatic carbocycles. The summed E-state index contributed by atoms with van der Waals surface area (Å²) in [5, 5.41) is 6.79. The van der Waals surface area contributed by atoms with Gasteiger partial charge >= 0.3 is 0 Å². The summed E-state index contributed by atoms with van der Waals surface area (Å²) in [5.41, 5.74) is 1.80. The number of carbonyl (C=O) groups excluding carboxylic acids is 2. The summed E-state index contributed by atoms with van der Waals surface area (Å²) in [7, 11) is 3.31. The van der Waals surface area contributed by atoms with E-state index < -0.39 is 11.2 Å². The number of anilines is 1. The van der Waals surface area contributed by atoms with Gasteiger partial charge in [0.15, 0.2) is 0 Å². The summed E-state index contributed by atoms with van der Waals surface area (Å²) in [5.74, 6) is -0.804. The number of nitrogens with zero attached hydrogens (tertiary/aromatic N) is 1. The molecule has 2 amide bonds. The fourth-order valence-electron chi connectivity index (χ4n) is 5.15. The second-order valence-electron chi connectivity index (χ2n) is 10.2. The van der Waals surface area contributed by atoms with E-state index in [1.165, 1.54) is 17.0 Å². The van der Waals surface area contributed by atoms with Crippen molar-refractivity contribution in [1.29, 1.82) is 0 Å². The minimum Gasteiger partial charge on any atom is -0.345 e. The lowest BCUT2D eigenvalue weighted by atomic mass is 9.68. The molecule has 1 saturated heterocycles. The van der Waals surface area contributed by atoms with Crippen molar-refractivity contribution in [3.63, 3.8) is 0 Å². The van der Waals surface area contributed by atoms with Gasteiger partial charge in [0.25, 0.3) is 5.91 Å². The highest BCUT2D eigenvalue weighted by Crippen LogP contribution is 2.53. The van der Waals surface area contributed by atoms with Crippen LogP contribution in [0.2, 0.25) is 5.02 Å². The molecule has 0 bridgehead atoms. The molecule has 2 aliphatic rings. The van der Waals surface area contributed by atoms with Crippen LogP contribution in [0, 0.1) is 11.2 Å². The Bertz CT molecular complexity index is 1110. The number of rotatable bonds is 3. The van der Waals surface area contributed by atoms with Crippen LogP contribution in [0.3, 0.4) is 0 Å². The first kappa shape index (κ1) is 22.7. The van der Waals surface area contributed by atoms with Crippen LogP contribution < -0.4 is 10.6 Å². The van der Waals surface area contributed by atoms with Crippen LogP contribution in [0.25, 0.3) is 11.1 Å². The quantitative estimate of drug-likeness (QED) is 0.693. The third kappa shape index (κ3) is 3.59. The van der Waals surface area contributed by atoms with Crippen LogP contribution in [-0.4, -0.2) is 43.4 Å². The van der Waals surface area contributed by atoms with Gasteiger partial charge in [-0.15, -0.1) is 0 Å². The standard InChI is InChI=1S/C25H29ClFN3O2/c1-24(2,3)13-18-25(9-10-28-18)21-17(29-23(25)32)12-16(26)20(22(31)30(4)5)19(21)14-7-6-8-15(27)11-14/h6-8,11-12,18,28H,9-10,13H2,1-5H3,(H,29,32). The van der Waals surface area contributed by atoms with Crippen LogP contribution in [0.1, 0.15) is 49.5 Å². The van der Waals surface area contributed by atoms with Crippen molar-refractivity contribution in [2.75, 3.05) is 26.0 Å². The summed E-state index contributed by atoms with van der Waals surface area (Å²) in [6.07, 6.45) is 1.36. The highest BCUT2D eigenvalue weighted by molar-refractivity contribution is 6.35. The number of carbonyl (C=O) groups is 2. The van der Waals surface area contributed by atoms with Crippen molar-refractivity contribution in [3.05, 3.63) is 52.3 Å². The molecular weight excluding hydrogens is 429 g/mol. The molecule has 4 rings (SSSR count). The second-order valence-corrected chi connectivity index (χ2v) is 10.6. The molecule has 0 radical (unpaired) electrons. The number of amides is 2. The monoisotopic (exact) mass is 457 g/mol. The van der Waals surface area contributed by atoms with Gasteiger partial charge < -0.3 is 15.5 Å². The van der Waals surface area contributed by atoms with Crippen molar-refractivity contribution >= 4 is 29.1 Å². The van der Waals surface area contributed by atoms with Crippen LogP contribution in [0.4, 0.5) is 10.1 Å². The first-order valence-corrected chi connectivity index (χ1v) is 11.2. The van der Waals surface area contributed by atoms with Gasteiger partial charge in [0, 0.05) is 37.0 Å². The molecule has 5 nitrogen and oxygen atoms in total. The average molecular weight is 458 g/mol. The van der Waals surface area contributed by atoms with E-state index >= 15 is 0 Å². The SMILES string of the molecule is CN(C)C(=O)c1c(Cl)cc2c(c1-c1cccc(F)c1)C1(CCNC1CC(C)(C)C)C(=O)N2. The first-order valence-electron chi connectivity index (χ1n) is 10.8. The van der Waals surface area contributed by atoms with Crippen molar-refractivity contribution in [1.82, 2.24) is 10.2 Å². The molecule has 1 fully saturated rings. The van der Waals surface area contributed by atoms with Crippen molar-refractivity contribution in [2.45, 2.75) is 45.1 Å². The Morgan fingerprint density at radius 1 is 1.28 bits per heavy atom. The lowest BCUT2D eigenvalue weighted by Crippen LogP contribution is -2.47. The Labute approximate surface area is 193 Å². The maximum absolute atomic E-state index is 14.3. The Morgan fingerprint density at radius 3 is 2.62 bits per heavy atom. The smallest absolute Gasteiger partial charge is 0.255 e. The van der Waals surface area contributed by atoms with Gasteiger partial charge in [-0.3, -0.25) is 9.59 Å². The van der Waals surface area contributed by atoms with E-state index in [1.54, 1.807) is 32.3 Å². The molecule has 1 spiro atoms. The van der Waals surface area contributed by atoms with Gasteiger partial charge in [0.05, 0.1) is 16.0 Å². The van der Waals surface area contributed by atoms with Crippen LogP contribution in [0.5, 0.6) is 0 Å². The number of hydrogen-bond acceptors (Lipinski definition) is 3. The largest absolute Gasteiger partial charge is 0.345 e. The predicted octanol–water partition coefficient (Wildman–Crippen LogP) is 4.84. The summed E-state index contributed by atoms with van der Waals surface area (Å²) in [6, 6.07) is 7.67. The molecule has 2 N–H and O–H groups in total. The summed E-state index contributed by atoms with van der Waals surface area (Å²) in [4.78, 5) is 28.3. The molecule has 2 aromatic carbocycles. The summed E-state index contributed by atoms with van der Waals surface area (Å²) >= 11 is 6.62. The number of benzene rings is 2. The lowest BCUT2D eigenvalue weighted by Gasteiger charge is -2.35. The molecule has 2 aromatic rings. The predicted molar refractivity (Wildman–Crippen MR) is 126 cm³/mol. The topological polar surface area (TPSA) is 61.4 Å². The van der Waals surface area contributed by atoms with Crippen LogP contribution in [0.15, 0.2) is 30.3 Å². The number of fused-ring (bicyclic) bond motifs is 2. The Morgan fingerprint density at radius 2 is 2.00 bits per heavy atom. The van der Waals surface area contributed by atoms with Crippen molar-refractivity contribution in [2.24, 2.45) is 5.41 Å². The van der Waals surface area contributed by atoms with Gasteiger partial charge in [-0.1, -0.05) is 44.5 Å². The molecular formula is C25H29ClFN3O2. The highest BCUT2D eigenvalue weighted by Gasteiger charge is 2.57. The first-order chi connectivity index (χ1) is 15.0. The van der Waals surface area contributed by atoms with Gasteiger partial charge in [0.1, 0.15) is 5.82 Å². The lowest BCUT2D eigenvalue weighted by molar-refractivity contribution is -0.121. The van der Waals surface area contributed by atoms with Crippen LogP contribution >= 0.6 is 11.6 Å². The third-order valence-electron chi connectivity index (χ3n) is 6.43. The molecule has 170 valence electrons. The van der Waals surface area contributed by atoms with Crippen LogP contribution in [-0.2, 0) is 10.2 Å². The van der Waals surface area contributed by atoms with Crippen molar-refractivity contribution < 1.29 is 14.0 Å². The summed E-state index contributed by atoms with van der Waals surface area (Å²) < 4.78 is 14.3. The molecule has 2 heterocycles. The molecule has 7 heteroatoms. The molecule has 2 atom stereocenters. The highest BCUT2D eigenvalue weighted by atomic mass is 35.5. The zero-order valence-corrected chi connectivity index (χ0v) is 19.9. The van der Waals surface area contributed by atoms with Gasteiger partial charge in [-0.05, 0) is 48.6 Å². The van der Waals surface area contributed by atoms with Gasteiger partial charge in [-0.25, -0.2) is 4.39 Å². The molecule has 0 aromatic heterocycles. The van der Waals surface area contributed by atoms with Gasteiger partial charge in [-0.2, -0.15) is 0 Å². The van der Waals surface area contributed by atoms with Crippen molar-refractivity contribution in [3.8, 4) is 11.1 Å². The van der Waals surface area contributed by atoms with E-state index in [4.69, 9.17) is 11.6 Å². The second kappa shape index (κ2) is 7.85. The number of hydrogen-bond donors (Lipinski definition) is 2. The zero-order valence-electron chi connectivity index (χ0n) is 19.1. The normalized spacial score (nSPS) is 22.2. The van der Waals surface area contributed by atoms with E-state index in [9.17, 15) is 14.0 Å². The van der Waals surface area contributed by atoms with E-state index in [-0.39, 0.29) is 28.3 Å². The zero-order chi connectivity index (χ0) is 23.4. The summed E-state index contributed by atoms with van der Waals surface area (Å²) in [6.45, 7) is 7.11. The fraction of sp³-hybridized carbons (Fsp3) is 0.440. The van der Waals surface area contributed by atoms with Gasteiger partial charge in [0.2, 0.25) is 5.91 Å². The Hall–Kier alpha value is -2.44. The van der Waals surface area contributed by atoms with E-state index in [0.29, 0.717) is 35.3 Å². The van der Waals surface area contributed by atoms with E-state index in [1.807, 2.05) is 0 Å². The maximum atomic E-state index is 14.3. The molecule has 2 aliphatic heterocycles. The van der Waals surface area contributed by atoms with E-state index in [2.05, 4.69) is 31.4 Å². The maximum Gasteiger partial charge on any atom is 0.255 e. The fourth-order valence-corrected chi connectivity index (χ4v) is 5.43. The van der Waals surface area contributed by atoms with E-state index in [0.717, 1.165) is 12.0 Å². The average Bonchev–Trinajstić information content (AvgIpc) is 3.21. The molecule has 32 heavy (non-hydrogen) atoms. The Kier molecular flexibility index (Phi) is 5.58. The molecule has 0 saturated carbocycles. The Balaban J connectivity index is 2.07. The number of nitrogens with one attached hydrogen (secondary N) is 2. The molecule has 2 unspecified atom stereocenters. The number of halogens is 2.